The lowest BCUT2D eigenvalue weighted by Crippen LogP contribution is -2.40. The van der Waals surface area contributed by atoms with Crippen molar-refractivity contribution in [2.24, 2.45) is 0 Å². The zero-order chi connectivity index (χ0) is 11.3. The van der Waals surface area contributed by atoms with Gasteiger partial charge in [0.1, 0.15) is 0 Å². The summed E-state index contributed by atoms with van der Waals surface area (Å²) in [5.74, 6) is 0. The normalized spacial score (nSPS) is 12.3. The molecule has 5 heteroatoms. The zero-order valence-electron chi connectivity index (χ0n) is 9.95. The number of likely N-dealkylation sites (N-methyl/N-ethyl adjacent to an activating group) is 1. The van der Waals surface area contributed by atoms with Gasteiger partial charge in [-0.3, -0.25) is 4.90 Å². The molecule has 0 amide bonds. The van der Waals surface area contributed by atoms with Gasteiger partial charge >= 0.3 is 0 Å². The summed E-state index contributed by atoms with van der Waals surface area (Å²) in [5.41, 5.74) is 0.201. The van der Waals surface area contributed by atoms with Gasteiger partial charge in [0, 0.05) is 25.2 Å². The number of hydrogen-bond acceptors (Lipinski definition) is 5. The van der Waals surface area contributed by atoms with Crippen molar-refractivity contribution in [2.75, 3.05) is 20.1 Å². The van der Waals surface area contributed by atoms with Crippen molar-refractivity contribution in [3.05, 3.63) is 11.1 Å². The van der Waals surface area contributed by atoms with Gasteiger partial charge < -0.3 is 5.32 Å². The Morgan fingerprint density at radius 2 is 2.20 bits per heavy atom. The molecule has 0 aliphatic rings. The van der Waals surface area contributed by atoms with Crippen LogP contribution in [0.1, 0.15) is 25.6 Å². The largest absolute Gasteiger partial charge is 0.311 e. The lowest BCUT2D eigenvalue weighted by atomic mass is 10.1. The molecule has 0 spiro atoms. The molecule has 1 aromatic heterocycles. The maximum absolute atomic E-state index is 3.84. The highest BCUT2D eigenvalue weighted by Crippen LogP contribution is 2.05. The minimum Gasteiger partial charge on any atom is -0.311 e. The average molecular weight is 228 g/mol. The molecule has 0 saturated carbocycles. The summed E-state index contributed by atoms with van der Waals surface area (Å²) in [7, 11) is 2.12. The molecule has 0 aliphatic carbocycles. The quantitative estimate of drug-likeness (QED) is 0.826. The highest BCUT2D eigenvalue weighted by molar-refractivity contribution is 7.05. The molecule has 0 atom stereocenters. The van der Waals surface area contributed by atoms with Crippen LogP contribution < -0.4 is 5.32 Å². The van der Waals surface area contributed by atoms with Crippen LogP contribution in [-0.2, 0) is 6.54 Å². The number of nitrogens with one attached hydrogen (secondary N) is 1. The molecule has 0 aliphatic heterocycles. The van der Waals surface area contributed by atoms with Crippen LogP contribution in [0, 0.1) is 0 Å². The van der Waals surface area contributed by atoms with Gasteiger partial charge in [-0.1, -0.05) is 4.49 Å². The van der Waals surface area contributed by atoms with Gasteiger partial charge in [-0.25, -0.2) is 0 Å². The van der Waals surface area contributed by atoms with Crippen LogP contribution in [0.15, 0.2) is 6.20 Å². The van der Waals surface area contributed by atoms with Crippen molar-refractivity contribution in [3.8, 4) is 0 Å². The Labute approximate surface area is 95.8 Å². The maximum atomic E-state index is 3.84. The molecule has 0 fully saturated rings. The van der Waals surface area contributed by atoms with Crippen LogP contribution in [-0.4, -0.2) is 40.2 Å². The first kappa shape index (κ1) is 12.5. The fourth-order valence-corrected chi connectivity index (χ4v) is 1.80. The highest BCUT2D eigenvalue weighted by atomic mass is 32.1. The fourth-order valence-electron chi connectivity index (χ4n) is 1.22. The lowest BCUT2D eigenvalue weighted by Gasteiger charge is -2.23. The van der Waals surface area contributed by atoms with E-state index in [0.29, 0.717) is 0 Å². The van der Waals surface area contributed by atoms with Crippen LogP contribution in [0.25, 0.3) is 0 Å². The van der Waals surface area contributed by atoms with E-state index in [9.17, 15) is 0 Å². The van der Waals surface area contributed by atoms with E-state index in [4.69, 9.17) is 0 Å². The van der Waals surface area contributed by atoms with E-state index in [1.807, 2.05) is 6.20 Å². The number of nitrogens with zero attached hydrogens (tertiary/aromatic N) is 3. The first-order valence-corrected chi connectivity index (χ1v) is 5.94. The molecule has 1 N–H and O–H groups in total. The Bertz CT molecular complexity index is 265. The molecule has 0 unspecified atom stereocenters. The molecule has 15 heavy (non-hydrogen) atoms. The Balaban J connectivity index is 2.17. The Morgan fingerprint density at radius 1 is 1.47 bits per heavy atom. The van der Waals surface area contributed by atoms with Crippen molar-refractivity contribution < 1.29 is 0 Å². The summed E-state index contributed by atoms with van der Waals surface area (Å²) in [6.45, 7) is 9.52. The van der Waals surface area contributed by atoms with Crippen LogP contribution in [0.3, 0.4) is 0 Å². The van der Waals surface area contributed by atoms with Crippen molar-refractivity contribution in [1.82, 2.24) is 19.8 Å². The van der Waals surface area contributed by atoms with Crippen LogP contribution >= 0.6 is 11.5 Å². The molecule has 0 bridgehead atoms. The van der Waals surface area contributed by atoms with Gasteiger partial charge in [0.05, 0.1) is 11.1 Å². The predicted molar refractivity (Wildman–Crippen MR) is 64.0 cm³/mol. The monoisotopic (exact) mass is 228 g/mol. The summed E-state index contributed by atoms with van der Waals surface area (Å²) in [5, 5.41) is 7.28. The SMILES string of the molecule is CN(CCNC(C)(C)C)Cc1cnns1. The molecular weight excluding hydrogens is 208 g/mol. The summed E-state index contributed by atoms with van der Waals surface area (Å²) in [6, 6.07) is 0. The van der Waals surface area contributed by atoms with Crippen LogP contribution in [0.4, 0.5) is 0 Å². The molecule has 0 saturated heterocycles. The van der Waals surface area contributed by atoms with E-state index in [0.717, 1.165) is 19.6 Å². The number of rotatable bonds is 5. The second-order valence-corrected chi connectivity index (χ2v) is 5.67. The van der Waals surface area contributed by atoms with Crippen LogP contribution in [0.2, 0.25) is 0 Å². The van der Waals surface area contributed by atoms with Gasteiger partial charge in [0.2, 0.25) is 0 Å². The topological polar surface area (TPSA) is 41.0 Å². The summed E-state index contributed by atoms with van der Waals surface area (Å²) >= 11 is 1.47. The molecule has 86 valence electrons. The lowest BCUT2D eigenvalue weighted by molar-refractivity contribution is 0.305. The van der Waals surface area contributed by atoms with E-state index in [1.54, 1.807) is 0 Å². The summed E-state index contributed by atoms with van der Waals surface area (Å²) in [6.07, 6.45) is 1.83. The molecule has 4 nitrogen and oxygen atoms in total. The van der Waals surface area contributed by atoms with Gasteiger partial charge in [-0.05, 0) is 39.4 Å². The second kappa shape index (κ2) is 5.53. The zero-order valence-corrected chi connectivity index (χ0v) is 10.8. The predicted octanol–water partition coefficient (Wildman–Crippen LogP) is 1.36. The first-order valence-electron chi connectivity index (χ1n) is 5.17. The van der Waals surface area contributed by atoms with Crippen LogP contribution in [0.5, 0.6) is 0 Å². The highest BCUT2D eigenvalue weighted by Gasteiger charge is 2.08. The minimum absolute atomic E-state index is 0.201. The van der Waals surface area contributed by atoms with Gasteiger partial charge in [0.15, 0.2) is 0 Å². The van der Waals surface area contributed by atoms with E-state index < -0.39 is 0 Å². The van der Waals surface area contributed by atoms with E-state index >= 15 is 0 Å². The van der Waals surface area contributed by atoms with Gasteiger partial charge in [-0.2, -0.15) is 0 Å². The van der Waals surface area contributed by atoms with Crippen molar-refractivity contribution >= 4 is 11.5 Å². The Hall–Kier alpha value is -0.520. The average Bonchev–Trinajstić information content (AvgIpc) is 2.54. The number of hydrogen-bond donors (Lipinski definition) is 1. The van der Waals surface area contributed by atoms with E-state index in [1.165, 1.54) is 16.4 Å². The van der Waals surface area contributed by atoms with Gasteiger partial charge in [0.25, 0.3) is 0 Å². The van der Waals surface area contributed by atoms with Crippen molar-refractivity contribution in [2.45, 2.75) is 32.9 Å². The minimum atomic E-state index is 0.201. The number of aromatic nitrogens is 2. The first-order chi connectivity index (χ1) is 6.97. The molecule has 0 aromatic carbocycles. The third-order valence-electron chi connectivity index (χ3n) is 1.98. The summed E-state index contributed by atoms with van der Waals surface area (Å²) in [4.78, 5) is 3.49. The third-order valence-corrected chi connectivity index (χ3v) is 2.63. The second-order valence-electron chi connectivity index (χ2n) is 4.80. The Kier molecular flexibility index (Phi) is 4.63. The van der Waals surface area contributed by atoms with Crippen molar-refractivity contribution in [3.63, 3.8) is 0 Å². The fraction of sp³-hybridized carbons (Fsp3) is 0.800. The molecule has 1 rings (SSSR count). The molecular formula is C10H20N4S. The molecule has 0 radical (unpaired) electrons. The maximum Gasteiger partial charge on any atom is 0.0666 e. The van der Waals surface area contributed by atoms with Crippen molar-refractivity contribution in [1.29, 1.82) is 0 Å². The van der Waals surface area contributed by atoms with E-state index in [2.05, 4.69) is 47.6 Å². The smallest absolute Gasteiger partial charge is 0.0666 e. The summed E-state index contributed by atoms with van der Waals surface area (Å²) < 4.78 is 3.84. The van der Waals surface area contributed by atoms with E-state index in [-0.39, 0.29) is 5.54 Å². The molecule has 1 aromatic rings. The van der Waals surface area contributed by atoms with Gasteiger partial charge in [-0.15, -0.1) is 5.10 Å². The third kappa shape index (κ3) is 5.81. The standard InChI is InChI=1S/C10H20N4S/c1-10(2,3)11-5-6-14(4)8-9-7-12-13-15-9/h7,11H,5-6,8H2,1-4H3. The molecule has 1 heterocycles. The Morgan fingerprint density at radius 3 is 2.73 bits per heavy atom.